The molecule has 0 spiro atoms. The smallest absolute Gasteiger partial charge is 0.361 e. The van der Waals surface area contributed by atoms with Crippen LogP contribution in [0.15, 0.2) is 9.98 Å². The van der Waals surface area contributed by atoms with Crippen LogP contribution >= 0.6 is 11.8 Å². The molecule has 0 saturated carbocycles. The Bertz CT molecular complexity index is 376. The monoisotopic (exact) mass is 216 g/mol. The summed E-state index contributed by atoms with van der Waals surface area (Å²) in [5.74, 6) is -2.25. The van der Waals surface area contributed by atoms with Crippen molar-refractivity contribution >= 4 is 34.6 Å². The highest BCUT2D eigenvalue weighted by molar-refractivity contribution is 8.17. The summed E-state index contributed by atoms with van der Waals surface area (Å²) in [6, 6.07) is 0. The summed E-state index contributed by atoms with van der Waals surface area (Å²) in [5.41, 5.74) is -0.692. The van der Waals surface area contributed by atoms with Gasteiger partial charge in [-0.1, -0.05) is 11.8 Å². The van der Waals surface area contributed by atoms with E-state index in [2.05, 4.69) is 9.98 Å². The van der Waals surface area contributed by atoms with E-state index in [4.69, 9.17) is 14.9 Å². The Balaban J connectivity index is 2.20. The maximum atomic E-state index is 10.5. The van der Waals surface area contributed by atoms with Crippen molar-refractivity contribution in [3.63, 3.8) is 0 Å². The summed E-state index contributed by atoms with van der Waals surface area (Å²) in [6.45, 7) is 0. The maximum absolute atomic E-state index is 10.5. The van der Waals surface area contributed by atoms with Gasteiger partial charge in [0.15, 0.2) is 16.3 Å². The van der Waals surface area contributed by atoms with Crippen molar-refractivity contribution in [1.82, 2.24) is 0 Å². The zero-order chi connectivity index (χ0) is 10.3. The van der Waals surface area contributed by atoms with Crippen LogP contribution < -0.4 is 0 Å². The minimum absolute atomic E-state index is 0.125. The molecule has 2 rings (SSSR count). The number of hydrogen-bond donors (Lipinski definition) is 2. The zero-order valence-electron chi connectivity index (χ0n) is 6.58. The number of hydrogen-bond acceptors (Lipinski definition) is 6. The minimum atomic E-state index is -1.26. The SMILES string of the molecule is O=C(O)C1=NC2=NC(C(=O)O)OC2S1. The van der Waals surface area contributed by atoms with Crippen LogP contribution in [0, 0.1) is 0 Å². The normalized spacial score (nSPS) is 29.4. The second kappa shape index (κ2) is 3.07. The van der Waals surface area contributed by atoms with E-state index in [0.717, 1.165) is 11.8 Å². The average Bonchev–Trinajstić information content (AvgIpc) is 2.57. The fraction of sp³-hybridized carbons (Fsp3) is 0.333. The Morgan fingerprint density at radius 1 is 1.43 bits per heavy atom. The van der Waals surface area contributed by atoms with Crippen LogP contribution in [0.3, 0.4) is 0 Å². The second-order valence-corrected chi connectivity index (χ2v) is 3.54. The lowest BCUT2D eigenvalue weighted by atomic mass is 10.6. The first kappa shape index (κ1) is 9.16. The number of thioether (sulfide) groups is 1. The Morgan fingerprint density at radius 3 is 2.64 bits per heavy atom. The first-order valence-corrected chi connectivity index (χ1v) is 4.40. The Hall–Kier alpha value is -1.41. The van der Waals surface area contributed by atoms with Crippen LogP contribution in [0.25, 0.3) is 0 Å². The molecule has 0 fully saturated rings. The molecular weight excluding hydrogens is 212 g/mol. The van der Waals surface area contributed by atoms with Crippen molar-refractivity contribution in [2.75, 3.05) is 0 Å². The number of aliphatic imine (C=N–C) groups is 2. The van der Waals surface area contributed by atoms with E-state index < -0.39 is 23.6 Å². The Kier molecular flexibility index (Phi) is 2.01. The van der Waals surface area contributed by atoms with Gasteiger partial charge in [0.05, 0.1) is 0 Å². The zero-order valence-corrected chi connectivity index (χ0v) is 7.39. The molecule has 8 heteroatoms. The van der Waals surface area contributed by atoms with E-state index in [9.17, 15) is 9.59 Å². The van der Waals surface area contributed by atoms with Gasteiger partial charge in [0.2, 0.25) is 6.23 Å². The van der Waals surface area contributed by atoms with Crippen molar-refractivity contribution < 1.29 is 24.5 Å². The van der Waals surface area contributed by atoms with E-state index in [1.54, 1.807) is 0 Å². The lowest BCUT2D eigenvalue weighted by Gasteiger charge is -2.04. The molecule has 2 aliphatic rings. The number of carboxylic acid groups (broad SMARTS) is 2. The molecule has 0 aliphatic carbocycles. The van der Waals surface area contributed by atoms with E-state index >= 15 is 0 Å². The van der Waals surface area contributed by atoms with Crippen LogP contribution in [0.5, 0.6) is 0 Å². The molecule has 74 valence electrons. The molecule has 0 aromatic rings. The predicted octanol–water partition coefficient (Wildman–Crippen LogP) is -0.618. The maximum Gasteiger partial charge on any atom is 0.361 e. The second-order valence-electron chi connectivity index (χ2n) is 2.49. The summed E-state index contributed by atoms with van der Waals surface area (Å²) < 4.78 is 4.91. The third-order valence-electron chi connectivity index (χ3n) is 1.54. The molecule has 2 atom stereocenters. The van der Waals surface area contributed by atoms with Crippen LogP contribution in [-0.2, 0) is 14.3 Å². The fourth-order valence-electron chi connectivity index (χ4n) is 0.995. The van der Waals surface area contributed by atoms with Gasteiger partial charge in [-0.25, -0.2) is 19.6 Å². The number of carboxylic acids is 2. The standard InChI is InChI=1S/C6H4N2O5S/c9-4(10)2-7-1-6(13-2)14-3(8-1)5(11)12/h2,6H,(H,9,10)(H,11,12). The van der Waals surface area contributed by atoms with Gasteiger partial charge < -0.3 is 14.9 Å². The van der Waals surface area contributed by atoms with Crippen LogP contribution in [-0.4, -0.2) is 44.7 Å². The first-order valence-electron chi connectivity index (χ1n) is 3.52. The number of aliphatic carboxylic acids is 2. The number of nitrogens with zero attached hydrogens (tertiary/aromatic N) is 2. The number of rotatable bonds is 2. The summed E-state index contributed by atoms with van der Waals surface area (Å²) in [7, 11) is 0. The molecule has 0 amide bonds. The number of carbonyl (C=O) groups is 2. The topological polar surface area (TPSA) is 109 Å². The lowest BCUT2D eigenvalue weighted by Crippen LogP contribution is -2.20. The van der Waals surface area contributed by atoms with Gasteiger partial charge in [-0.3, -0.25) is 0 Å². The van der Waals surface area contributed by atoms with Gasteiger partial charge in [-0.05, 0) is 0 Å². The first-order chi connectivity index (χ1) is 6.58. The third-order valence-corrected chi connectivity index (χ3v) is 2.57. The van der Waals surface area contributed by atoms with Crippen LogP contribution in [0.1, 0.15) is 0 Å². The largest absolute Gasteiger partial charge is 0.478 e. The molecule has 2 heterocycles. The van der Waals surface area contributed by atoms with E-state index in [1.165, 1.54) is 0 Å². The molecular formula is C6H4N2O5S. The molecule has 0 aromatic carbocycles. The van der Waals surface area contributed by atoms with E-state index in [-0.39, 0.29) is 10.9 Å². The molecule has 0 radical (unpaired) electrons. The van der Waals surface area contributed by atoms with Crippen molar-refractivity contribution in [1.29, 1.82) is 0 Å². The number of fused-ring (bicyclic) bond motifs is 1. The predicted molar refractivity (Wildman–Crippen MR) is 46.4 cm³/mol. The van der Waals surface area contributed by atoms with Crippen molar-refractivity contribution in [3.8, 4) is 0 Å². The van der Waals surface area contributed by atoms with Gasteiger partial charge in [0.25, 0.3) is 0 Å². The average molecular weight is 216 g/mol. The highest BCUT2D eigenvalue weighted by atomic mass is 32.2. The Morgan fingerprint density at radius 2 is 2.14 bits per heavy atom. The molecule has 2 N–H and O–H groups in total. The highest BCUT2D eigenvalue weighted by Crippen LogP contribution is 2.30. The van der Waals surface area contributed by atoms with Crippen LogP contribution in [0.2, 0.25) is 0 Å². The van der Waals surface area contributed by atoms with E-state index in [1.807, 2.05) is 0 Å². The fourth-order valence-corrected chi connectivity index (χ4v) is 1.82. The van der Waals surface area contributed by atoms with Gasteiger partial charge >= 0.3 is 11.9 Å². The van der Waals surface area contributed by atoms with Crippen molar-refractivity contribution in [3.05, 3.63) is 0 Å². The molecule has 7 nitrogen and oxygen atoms in total. The van der Waals surface area contributed by atoms with Gasteiger partial charge in [0.1, 0.15) is 0 Å². The van der Waals surface area contributed by atoms with Crippen molar-refractivity contribution in [2.24, 2.45) is 9.98 Å². The quantitative estimate of drug-likeness (QED) is 0.636. The lowest BCUT2D eigenvalue weighted by molar-refractivity contribution is -0.148. The van der Waals surface area contributed by atoms with Gasteiger partial charge in [0, 0.05) is 0 Å². The van der Waals surface area contributed by atoms with Gasteiger partial charge in [-0.15, -0.1) is 0 Å². The molecule has 14 heavy (non-hydrogen) atoms. The van der Waals surface area contributed by atoms with Gasteiger partial charge in [-0.2, -0.15) is 0 Å². The third kappa shape index (κ3) is 1.38. The number of amidine groups is 1. The Labute approximate surface area is 81.5 Å². The van der Waals surface area contributed by atoms with Crippen LogP contribution in [0.4, 0.5) is 0 Å². The summed E-state index contributed by atoms with van der Waals surface area (Å²) in [5, 5.41) is 17.0. The molecule has 2 unspecified atom stereocenters. The molecule has 2 aliphatic heterocycles. The molecule has 0 aromatic heterocycles. The highest BCUT2D eigenvalue weighted by Gasteiger charge is 2.40. The summed E-state index contributed by atoms with van der Waals surface area (Å²) >= 11 is 0.845. The number of ether oxygens (including phenoxy) is 1. The summed E-state index contributed by atoms with van der Waals surface area (Å²) in [6.07, 6.45) is -1.26. The van der Waals surface area contributed by atoms with Crippen molar-refractivity contribution in [2.45, 2.75) is 11.7 Å². The summed E-state index contributed by atoms with van der Waals surface area (Å²) in [4.78, 5) is 28.1. The van der Waals surface area contributed by atoms with E-state index in [0.29, 0.717) is 0 Å². The molecule has 0 bridgehead atoms. The minimum Gasteiger partial charge on any atom is -0.478 e. The molecule has 0 saturated heterocycles.